The number of carbonyl (C=O) groups excluding carboxylic acids is 1. The summed E-state index contributed by atoms with van der Waals surface area (Å²) in [6, 6.07) is 5.02. The lowest BCUT2D eigenvalue weighted by molar-refractivity contribution is -0.121. The lowest BCUT2D eigenvalue weighted by Crippen LogP contribution is -2.46. The van der Waals surface area contributed by atoms with Gasteiger partial charge in [0.2, 0.25) is 5.91 Å². The standard InChI is InChI=1S/C20H28N2O2/c1-12(2)17-10-18-15(11-24-19(18)7-13(17)3)9-20(23)22-16-5-6-21-14(4)8-16/h7,10-12,14,16,21H,5-6,8-9H2,1-4H3,(H,22,23). The van der Waals surface area contributed by atoms with Gasteiger partial charge in [-0.3, -0.25) is 4.79 Å². The van der Waals surface area contributed by atoms with Gasteiger partial charge < -0.3 is 15.1 Å². The van der Waals surface area contributed by atoms with Crippen LogP contribution in [0.3, 0.4) is 0 Å². The summed E-state index contributed by atoms with van der Waals surface area (Å²) in [5.74, 6) is 0.547. The zero-order valence-corrected chi connectivity index (χ0v) is 15.1. The number of hydrogen-bond acceptors (Lipinski definition) is 3. The number of rotatable bonds is 4. The van der Waals surface area contributed by atoms with Crippen LogP contribution < -0.4 is 10.6 Å². The second-order valence-electron chi connectivity index (χ2n) is 7.44. The Kier molecular flexibility index (Phi) is 4.95. The predicted molar refractivity (Wildman–Crippen MR) is 97.4 cm³/mol. The third-order valence-electron chi connectivity index (χ3n) is 5.00. The summed E-state index contributed by atoms with van der Waals surface area (Å²) >= 11 is 0. The third kappa shape index (κ3) is 3.64. The lowest BCUT2D eigenvalue weighted by atomic mass is 9.95. The molecule has 0 spiro atoms. The number of hydrogen-bond donors (Lipinski definition) is 2. The Balaban J connectivity index is 1.74. The summed E-state index contributed by atoms with van der Waals surface area (Å²) in [6.07, 6.45) is 4.11. The highest BCUT2D eigenvalue weighted by Crippen LogP contribution is 2.29. The molecular formula is C20H28N2O2. The van der Waals surface area contributed by atoms with Crippen molar-refractivity contribution in [1.82, 2.24) is 10.6 Å². The molecule has 2 heterocycles. The van der Waals surface area contributed by atoms with Gasteiger partial charge in [-0.2, -0.15) is 0 Å². The summed E-state index contributed by atoms with van der Waals surface area (Å²) in [5.41, 5.74) is 4.41. The highest BCUT2D eigenvalue weighted by Gasteiger charge is 2.21. The van der Waals surface area contributed by atoms with Gasteiger partial charge in [-0.25, -0.2) is 0 Å². The van der Waals surface area contributed by atoms with Gasteiger partial charge in [0.05, 0.1) is 12.7 Å². The van der Waals surface area contributed by atoms with Crippen molar-refractivity contribution < 1.29 is 9.21 Å². The molecule has 0 bridgehead atoms. The number of piperidine rings is 1. The molecule has 24 heavy (non-hydrogen) atoms. The maximum atomic E-state index is 12.4. The second-order valence-corrected chi connectivity index (χ2v) is 7.44. The van der Waals surface area contributed by atoms with Crippen LogP contribution in [0.5, 0.6) is 0 Å². The minimum atomic E-state index is 0.0865. The smallest absolute Gasteiger partial charge is 0.224 e. The zero-order chi connectivity index (χ0) is 17.3. The number of amides is 1. The molecule has 2 atom stereocenters. The molecule has 2 unspecified atom stereocenters. The Hall–Kier alpha value is -1.81. The number of carbonyl (C=O) groups is 1. The van der Waals surface area contributed by atoms with E-state index in [-0.39, 0.29) is 11.9 Å². The highest BCUT2D eigenvalue weighted by molar-refractivity contribution is 5.88. The molecule has 4 nitrogen and oxygen atoms in total. The average Bonchev–Trinajstić information content (AvgIpc) is 2.88. The fraction of sp³-hybridized carbons (Fsp3) is 0.550. The Bertz CT molecular complexity index is 733. The molecule has 1 aliphatic heterocycles. The van der Waals surface area contributed by atoms with Crippen molar-refractivity contribution in [2.45, 2.75) is 65.0 Å². The first kappa shape index (κ1) is 17.0. The van der Waals surface area contributed by atoms with E-state index in [0.717, 1.165) is 35.9 Å². The Labute approximate surface area is 144 Å². The largest absolute Gasteiger partial charge is 0.464 e. The fourth-order valence-corrected chi connectivity index (χ4v) is 3.72. The Morgan fingerprint density at radius 1 is 1.42 bits per heavy atom. The number of fused-ring (bicyclic) bond motifs is 1. The van der Waals surface area contributed by atoms with Gasteiger partial charge in [-0.1, -0.05) is 13.8 Å². The topological polar surface area (TPSA) is 54.3 Å². The number of benzene rings is 1. The van der Waals surface area contributed by atoms with Gasteiger partial charge in [-0.05, 0) is 62.4 Å². The van der Waals surface area contributed by atoms with Crippen molar-refractivity contribution >= 4 is 16.9 Å². The maximum absolute atomic E-state index is 12.4. The molecule has 1 aliphatic rings. The average molecular weight is 328 g/mol. The van der Waals surface area contributed by atoms with Crippen LogP contribution >= 0.6 is 0 Å². The van der Waals surface area contributed by atoms with E-state index < -0.39 is 0 Å². The van der Waals surface area contributed by atoms with E-state index in [1.807, 2.05) is 0 Å². The molecule has 1 fully saturated rings. The monoisotopic (exact) mass is 328 g/mol. The van der Waals surface area contributed by atoms with E-state index in [1.54, 1.807) is 6.26 Å². The van der Waals surface area contributed by atoms with Crippen LogP contribution in [0.25, 0.3) is 11.0 Å². The van der Waals surface area contributed by atoms with Crippen LogP contribution in [0, 0.1) is 6.92 Å². The lowest BCUT2D eigenvalue weighted by Gasteiger charge is -2.28. The molecule has 0 radical (unpaired) electrons. The molecule has 1 aromatic heterocycles. The maximum Gasteiger partial charge on any atom is 0.224 e. The summed E-state index contributed by atoms with van der Waals surface area (Å²) in [6.45, 7) is 9.63. The molecular weight excluding hydrogens is 300 g/mol. The van der Waals surface area contributed by atoms with Crippen LogP contribution in [-0.4, -0.2) is 24.5 Å². The summed E-state index contributed by atoms with van der Waals surface area (Å²) in [4.78, 5) is 12.4. The third-order valence-corrected chi connectivity index (χ3v) is 5.00. The molecule has 0 aliphatic carbocycles. The molecule has 1 amide bonds. The first-order valence-electron chi connectivity index (χ1n) is 8.97. The molecule has 1 aromatic carbocycles. The van der Waals surface area contributed by atoms with Crippen molar-refractivity contribution in [2.75, 3.05) is 6.54 Å². The van der Waals surface area contributed by atoms with Gasteiger partial charge in [-0.15, -0.1) is 0 Å². The SMILES string of the molecule is Cc1cc2occ(CC(=O)NC3CCNC(C)C3)c2cc1C(C)C. The summed E-state index contributed by atoms with van der Waals surface area (Å²) in [5, 5.41) is 7.66. The molecule has 130 valence electrons. The summed E-state index contributed by atoms with van der Waals surface area (Å²) in [7, 11) is 0. The Morgan fingerprint density at radius 2 is 2.21 bits per heavy atom. The van der Waals surface area contributed by atoms with E-state index in [0.29, 0.717) is 18.4 Å². The van der Waals surface area contributed by atoms with Crippen molar-refractivity contribution in [1.29, 1.82) is 0 Å². The van der Waals surface area contributed by atoms with Gasteiger partial charge in [0.25, 0.3) is 0 Å². The molecule has 2 N–H and O–H groups in total. The van der Waals surface area contributed by atoms with Gasteiger partial charge in [0.15, 0.2) is 0 Å². The number of nitrogens with one attached hydrogen (secondary N) is 2. The second kappa shape index (κ2) is 6.98. The fourth-order valence-electron chi connectivity index (χ4n) is 3.72. The van der Waals surface area contributed by atoms with E-state index >= 15 is 0 Å². The van der Waals surface area contributed by atoms with E-state index in [1.165, 1.54) is 11.1 Å². The van der Waals surface area contributed by atoms with Crippen LogP contribution in [0.2, 0.25) is 0 Å². The van der Waals surface area contributed by atoms with Crippen molar-refractivity contribution in [3.63, 3.8) is 0 Å². The quantitative estimate of drug-likeness (QED) is 0.900. The molecule has 4 heteroatoms. The zero-order valence-electron chi connectivity index (χ0n) is 15.1. The van der Waals surface area contributed by atoms with Gasteiger partial charge in [0, 0.05) is 23.0 Å². The van der Waals surface area contributed by atoms with Crippen molar-refractivity contribution in [3.05, 3.63) is 35.1 Å². The molecule has 1 saturated heterocycles. The van der Waals surface area contributed by atoms with Crippen LogP contribution in [-0.2, 0) is 11.2 Å². The van der Waals surface area contributed by atoms with Crippen LogP contribution in [0.15, 0.2) is 22.8 Å². The number of furan rings is 1. The molecule has 0 saturated carbocycles. The first-order chi connectivity index (χ1) is 11.4. The normalized spacial score (nSPS) is 21.4. The van der Waals surface area contributed by atoms with E-state index in [2.05, 4.69) is 50.5 Å². The molecule has 3 rings (SSSR count). The number of aryl methyl sites for hydroxylation is 1. The predicted octanol–water partition coefficient (Wildman–Crippen LogP) is 3.66. The van der Waals surface area contributed by atoms with Gasteiger partial charge >= 0.3 is 0 Å². The van der Waals surface area contributed by atoms with Crippen molar-refractivity contribution in [2.24, 2.45) is 0 Å². The molecule has 2 aromatic rings. The first-order valence-corrected chi connectivity index (χ1v) is 8.97. The minimum Gasteiger partial charge on any atom is -0.464 e. The Morgan fingerprint density at radius 3 is 2.92 bits per heavy atom. The van der Waals surface area contributed by atoms with Crippen LogP contribution in [0.1, 0.15) is 56.2 Å². The summed E-state index contributed by atoms with van der Waals surface area (Å²) < 4.78 is 5.68. The highest BCUT2D eigenvalue weighted by atomic mass is 16.3. The van der Waals surface area contributed by atoms with Crippen molar-refractivity contribution in [3.8, 4) is 0 Å². The van der Waals surface area contributed by atoms with Gasteiger partial charge in [0.1, 0.15) is 5.58 Å². The minimum absolute atomic E-state index is 0.0865. The van der Waals surface area contributed by atoms with E-state index in [9.17, 15) is 4.79 Å². The van der Waals surface area contributed by atoms with Crippen LogP contribution in [0.4, 0.5) is 0 Å². The van der Waals surface area contributed by atoms with E-state index in [4.69, 9.17) is 4.42 Å².